The van der Waals surface area contributed by atoms with E-state index in [1.165, 1.54) is 12.1 Å². The van der Waals surface area contributed by atoms with Gasteiger partial charge in [-0.2, -0.15) is 17.5 Å². The molecule has 1 aromatic carbocycles. The SMILES string of the molecule is O=S(=O)(c1ccc(CCl)cc1)N1CCCC(C(F)(F)F)C1. The molecular formula is C13H15ClF3NO2S. The van der Waals surface area contributed by atoms with Crippen LogP contribution in [0.2, 0.25) is 0 Å². The van der Waals surface area contributed by atoms with Crippen LogP contribution in [0, 0.1) is 5.92 Å². The van der Waals surface area contributed by atoms with Crippen LogP contribution in [-0.2, 0) is 15.9 Å². The summed E-state index contributed by atoms with van der Waals surface area (Å²) in [5, 5.41) is 0. The topological polar surface area (TPSA) is 37.4 Å². The highest BCUT2D eigenvalue weighted by Gasteiger charge is 2.44. The molecule has 3 nitrogen and oxygen atoms in total. The quantitative estimate of drug-likeness (QED) is 0.790. The molecule has 0 spiro atoms. The third-order valence-electron chi connectivity index (χ3n) is 3.56. The number of rotatable bonds is 3. The standard InChI is InChI=1S/C13H15ClF3NO2S/c14-8-10-3-5-12(6-4-10)21(19,20)18-7-1-2-11(9-18)13(15,16)17/h3-6,11H,1-2,7-9H2. The molecule has 8 heteroatoms. The Hall–Kier alpha value is -0.790. The number of alkyl halides is 4. The molecule has 0 bridgehead atoms. The van der Waals surface area contributed by atoms with E-state index in [1.807, 2.05) is 0 Å². The van der Waals surface area contributed by atoms with Gasteiger partial charge >= 0.3 is 6.18 Å². The van der Waals surface area contributed by atoms with Gasteiger partial charge in [0.2, 0.25) is 10.0 Å². The summed E-state index contributed by atoms with van der Waals surface area (Å²) in [5.41, 5.74) is 0.752. The van der Waals surface area contributed by atoms with Crippen molar-refractivity contribution in [3.63, 3.8) is 0 Å². The summed E-state index contributed by atoms with van der Waals surface area (Å²) >= 11 is 5.63. The van der Waals surface area contributed by atoms with E-state index in [2.05, 4.69) is 0 Å². The molecule has 0 radical (unpaired) electrons. The zero-order valence-corrected chi connectivity index (χ0v) is 12.7. The predicted molar refractivity (Wildman–Crippen MR) is 73.5 cm³/mol. The molecule has 0 aromatic heterocycles. The van der Waals surface area contributed by atoms with Crippen molar-refractivity contribution in [2.24, 2.45) is 5.92 Å². The molecule has 118 valence electrons. The van der Waals surface area contributed by atoms with Crippen molar-refractivity contribution in [3.8, 4) is 0 Å². The monoisotopic (exact) mass is 341 g/mol. The van der Waals surface area contributed by atoms with Crippen LogP contribution in [0.1, 0.15) is 18.4 Å². The van der Waals surface area contributed by atoms with Crippen molar-refractivity contribution in [2.75, 3.05) is 13.1 Å². The average Bonchev–Trinajstić information content (AvgIpc) is 2.46. The van der Waals surface area contributed by atoms with Gasteiger partial charge in [-0.05, 0) is 30.5 Å². The normalized spacial score (nSPS) is 21.4. The van der Waals surface area contributed by atoms with E-state index in [0.717, 1.165) is 9.87 Å². The number of sulfonamides is 1. The second kappa shape index (κ2) is 6.14. The van der Waals surface area contributed by atoms with Crippen LogP contribution in [-0.4, -0.2) is 32.0 Å². The Kier molecular flexibility index (Phi) is 4.85. The van der Waals surface area contributed by atoms with E-state index in [-0.39, 0.29) is 30.2 Å². The van der Waals surface area contributed by atoms with Crippen molar-refractivity contribution in [2.45, 2.75) is 29.8 Å². The fourth-order valence-electron chi connectivity index (χ4n) is 2.33. The van der Waals surface area contributed by atoms with E-state index in [9.17, 15) is 21.6 Å². The van der Waals surface area contributed by atoms with E-state index in [4.69, 9.17) is 11.6 Å². The maximum Gasteiger partial charge on any atom is 0.393 e. The molecule has 1 atom stereocenters. The van der Waals surface area contributed by atoms with Crippen LogP contribution in [0.5, 0.6) is 0 Å². The molecule has 1 aliphatic rings. The van der Waals surface area contributed by atoms with E-state index in [0.29, 0.717) is 0 Å². The summed E-state index contributed by atoms with van der Waals surface area (Å²) in [6, 6.07) is 5.88. The number of nitrogens with zero attached hydrogens (tertiary/aromatic N) is 1. The minimum atomic E-state index is -4.36. The summed E-state index contributed by atoms with van der Waals surface area (Å²) in [7, 11) is -3.89. The number of benzene rings is 1. The Morgan fingerprint density at radius 1 is 1.24 bits per heavy atom. The van der Waals surface area contributed by atoms with Crippen LogP contribution in [0.3, 0.4) is 0 Å². The Labute approximate surface area is 126 Å². The van der Waals surface area contributed by atoms with Crippen molar-refractivity contribution in [1.29, 1.82) is 0 Å². The Morgan fingerprint density at radius 3 is 2.38 bits per heavy atom. The summed E-state index contributed by atoms with van der Waals surface area (Å²) < 4.78 is 64.0. The molecule has 1 aromatic rings. The molecule has 21 heavy (non-hydrogen) atoms. The number of piperidine rings is 1. The van der Waals surface area contributed by atoms with Gasteiger partial charge in [0.15, 0.2) is 0 Å². The Balaban J connectivity index is 2.22. The second-order valence-corrected chi connectivity index (χ2v) is 7.23. The lowest BCUT2D eigenvalue weighted by molar-refractivity contribution is -0.182. The lowest BCUT2D eigenvalue weighted by Gasteiger charge is -2.32. The minimum absolute atomic E-state index is 0.000749. The van der Waals surface area contributed by atoms with Crippen LogP contribution < -0.4 is 0 Å². The maximum atomic E-state index is 12.8. The molecule has 1 unspecified atom stereocenters. The highest BCUT2D eigenvalue weighted by Crippen LogP contribution is 2.34. The van der Waals surface area contributed by atoms with Gasteiger partial charge in [0.05, 0.1) is 10.8 Å². The van der Waals surface area contributed by atoms with Crippen molar-refractivity contribution in [1.82, 2.24) is 4.31 Å². The van der Waals surface area contributed by atoms with Crippen LogP contribution >= 0.6 is 11.6 Å². The molecular weight excluding hydrogens is 327 g/mol. The molecule has 1 saturated heterocycles. The van der Waals surface area contributed by atoms with Gasteiger partial charge < -0.3 is 0 Å². The molecule has 0 N–H and O–H groups in total. The van der Waals surface area contributed by atoms with Crippen molar-refractivity contribution in [3.05, 3.63) is 29.8 Å². The second-order valence-electron chi connectivity index (χ2n) is 5.02. The number of hydrogen-bond acceptors (Lipinski definition) is 2. The van der Waals surface area contributed by atoms with Crippen molar-refractivity contribution < 1.29 is 21.6 Å². The van der Waals surface area contributed by atoms with Gasteiger partial charge in [-0.1, -0.05) is 12.1 Å². The fraction of sp³-hybridized carbons (Fsp3) is 0.538. The summed E-state index contributed by atoms with van der Waals surface area (Å²) in [5.74, 6) is -1.34. The molecule has 0 amide bonds. The van der Waals surface area contributed by atoms with Crippen molar-refractivity contribution >= 4 is 21.6 Å². The van der Waals surface area contributed by atoms with Gasteiger partial charge in [0.25, 0.3) is 0 Å². The first kappa shape index (κ1) is 16.6. The number of halogens is 4. The first-order valence-electron chi connectivity index (χ1n) is 6.47. The molecule has 2 rings (SSSR count). The Bertz CT molecular complexity index is 586. The highest BCUT2D eigenvalue weighted by molar-refractivity contribution is 7.89. The first-order chi connectivity index (χ1) is 9.75. The van der Waals surface area contributed by atoms with E-state index >= 15 is 0 Å². The van der Waals surface area contributed by atoms with Crippen LogP contribution in [0.25, 0.3) is 0 Å². The van der Waals surface area contributed by atoms with Gasteiger partial charge in [-0.25, -0.2) is 8.42 Å². The van der Waals surface area contributed by atoms with Gasteiger partial charge in [0, 0.05) is 19.0 Å². The van der Waals surface area contributed by atoms with Gasteiger partial charge in [-0.15, -0.1) is 11.6 Å². The zero-order chi connectivity index (χ0) is 15.7. The zero-order valence-electron chi connectivity index (χ0n) is 11.1. The van der Waals surface area contributed by atoms with Crippen LogP contribution in [0.4, 0.5) is 13.2 Å². The third-order valence-corrected chi connectivity index (χ3v) is 5.75. The predicted octanol–water partition coefficient (Wildman–Crippen LogP) is 3.39. The average molecular weight is 342 g/mol. The smallest absolute Gasteiger partial charge is 0.207 e. The lowest BCUT2D eigenvalue weighted by Crippen LogP contribution is -2.44. The molecule has 0 saturated carbocycles. The third kappa shape index (κ3) is 3.70. The molecule has 1 heterocycles. The molecule has 1 fully saturated rings. The summed E-state index contributed by atoms with van der Waals surface area (Å²) in [6.07, 6.45) is -4.18. The van der Waals surface area contributed by atoms with Gasteiger partial charge in [-0.3, -0.25) is 0 Å². The largest absolute Gasteiger partial charge is 0.393 e. The highest BCUT2D eigenvalue weighted by atomic mass is 35.5. The van der Waals surface area contributed by atoms with Gasteiger partial charge in [0.1, 0.15) is 0 Å². The maximum absolute atomic E-state index is 12.8. The van der Waals surface area contributed by atoms with Crippen LogP contribution in [0.15, 0.2) is 29.2 Å². The minimum Gasteiger partial charge on any atom is -0.207 e. The molecule has 1 aliphatic heterocycles. The van der Waals surface area contributed by atoms with E-state index in [1.54, 1.807) is 12.1 Å². The first-order valence-corrected chi connectivity index (χ1v) is 8.44. The van der Waals surface area contributed by atoms with E-state index < -0.39 is 28.7 Å². The fourth-order valence-corrected chi connectivity index (χ4v) is 4.03. The number of hydrogen-bond donors (Lipinski definition) is 0. The lowest BCUT2D eigenvalue weighted by atomic mass is 9.99. The summed E-state index contributed by atoms with van der Waals surface area (Å²) in [6.45, 7) is -0.394. The summed E-state index contributed by atoms with van der Waals surface area (Å²) in [4.78, 5) is -0.000749. The molecule has 0 aliphatic carbocycles. The Morgan fingerprint density at radius 2 is 1.86 bits per heavy atom.